The van der Waals surface area contributed by atoms with Crippen LogP contribution in [0.2, 0.25) is 0 Å². The molecule has 1 aromatic heterocycles. The number of halogens is 3. The molecule has 15 heteroatoms. The average Bonchev–Trinajstić information content (AvgIpc) is 3.63. The predicted octanol–water partition coefficient (Wildman–Crippen LogP) is 6.66. The van der Waals surface area contributed by atoms with Gasteiger partial charge in [-0.25, -0.2) is 14.5 Å². The third-order valence-electron chi connectivity index (χ3n) is 7.00. The van der Waals surface area contributed by atoms with Crippen LogP contribution in [0.25, 0.3) is 17.1 Å². The molecule has 238 valence electrons. The first-order chi connectivity index (χ1) is 21.8. The molecule has 0 radical (unpaired) electrons. The number of carbonyl (C=O) groups is 2. The van der Waals surface area contributed by atoms with E-state index in [1.54, 1.807) is 29.2 Å². The number of rotatable bonds is 7. The number of nitrogens with zero attached hydrogens (tertiary/aromatic N) is 5. The van der Waals surface area contributed by atoms with Crippen LogP contribution in [0.1, 0.15) is 48.2 Å². The number of aryl methyl sites for hydroxylation is 1. The molecule has 3 N–H and O–H groups in total. The number of aromatic nitrogens is 3. The topological polar surface area (TPSA) is 125 Å². The van der Waals surface area contributed by atoms with E-state index >= 15 is 0 Å². The maximum absolute atomic E-state index is 12.9. The summed E-state index contributed by atoms with van der Waals surface area (Å²) in [6.45, 7) is 6.03. The highest BCUT2D eigenvalue weighted by atomic mass is 32.2. The molecule has 3 aromatic carbocycles. The SMILES string of the molecule is Cc1ccc(C(C)C)c(N2C(=O)CS/C2=N\C(=S)NC(NC(=O)O)c2ccc(-c3ncn(-c4ccc(C(F)(F)F)cc4)n3)cc2)c1. The van der Waals surface area contributed by atoms with Crippen molar-refractivity contribution < 1.29 is 27.9 Å². The van der Waals surface area contributed by atoms with Crippen molar-refractivity contribution in [2.75, 3.05) is 10.7 Å². The molecule has 1 unspecified atom stereocenters. The van der Waals surface area contributed by atoms with E-state index in [4.69, 9.17) is 12.2 Å². The van der Waals surface area contributed by atoms with E-state index in [1.165, 1.54) is 34.9 Å². The summed E-state index contributed by atoms with van der Waals surface area (Å²) in [6.07, 6.45) is -5.35. The minimum Gasteiger partial charge on any atom is -0.465 e. The lowest BCUT2D eigenvalue weighted by atomic mass is 9.99. The van der Waals surface area contributed by atoms with E-state index in [-0.39, 0.29) is 22.7 Å². The van der Waals surface area contributed by atoms with Crippen molar-refractivity contribution >= 4 is 51.9 Å². The highest BCUT2D eigenvalue weighted by Crippen LogP contribution is 2.34. The molecule has 2 heterocycles. The first-order valence-corrected chi connectivity index (χ1v) is 15.3. The summed E-state index contributed by atoms with van der Waals surface area (Å²) in [4.78, 5) is 34.9. The highest BCUT2D eigenvalue weighted by molar-refractivity contribution is 8.15. The molecule has 1 aliphatic rings. The zero-order valence-electron chi connectivity index (χ0n) is 24.7. The lowest BCUT2D eigenvalue weighted by Crippen LogP contribution is -2.40. The van der Waals surface area contributed by atoms with Crippen LogP contribution in [0.4, 0.5) is 23.7 Å². The second-order valence-electron chi connectivity index (χ2n) is 10.6. The van der Waals surface area contributed by atoms with Crippen molar-refractivity contribution in [2.45, 2.75) is 39.0 Å². The normalized spacial score (nSPS) is 15.0. The molecule has 5 rings (SSSR count). The number of thiocarbonyl (C=S) groups is 1. The number of hydrogen-bond donors (Lipinski definition) is 3. The zero-order chi connectivity index (χ0) is 33.2. The van der Waals surface area contributed by atoms with Crippen molar-refractivity contribution in [2.24, 2.45) is 4.99 Å². The number of carboxylic acid groups (broad SMARTS) is 1. The van der Waals surface area contributed by atoms with Gasteiger partial charge in [-0.05, 0) is 72.1 Å². The molecule has 2 amide bonds. The van der Waals surface area contributed by atoms with E-state index in [1.807, 2.05) is 39.0 Å². The fraction of sp³-hybridized carbons (Fsp3) is 0.226. The predicted molar refractivity (Wildman–Crippen MR) is 174 cm³/mol. The molecule has 0 saturated carbocycles. The Morgan fingerprint density at radius 3 is 2.39 bits per heavy atom. The number of anilines is 1. The quantitative estimate of drug-likeness (QED) is 0.148. The Balaban J connectivity index is 1.34. The summed E-state index contributed by atoms with van der Waals surface area (Å²) in [5.74, 6) is 0.517. The number of thioether (sulfide) groups is 1. The smallest absolute Gasteiger partial charge is 0.416 e. The molecule has 1 aliphatic heterocycles. The molecular formula is C31H28F3N7O3S2. The second kappa shape index (κ2) is 13.3. The van der Waals surface area contributed by atoms with Gasteiger partial charge in [0.15, 0.2) is 16.1 Å². The third kappa shape index (κ3) is 7.37. The minimum absolute atomic E-state index is 0.0271. The monoisotopic (exact) mass is 667 g/mol. The summed E-state index contributed by atoms with van der Waals surface area (Å²) < 4.78 is 40.1. The summed E-state index contributed by atoms with van der Waals surface area (Å²) >= 11 is 6.73. The Morgan fingerprint density at radius 2 is 1.76 bits per heavy atom. The summed E-state index contributed by atoms with van der Waals surface area (Å²) in [5.41, 5.74) is 3.42. The Bertz CT molecular complexity index is 1810. The van der Waals surface area contributed by atoms with Gasteiger partial charge in [-0.3, -0.25) is 15.0 Å². The number of carbonyl (C=O) groups excluding carboxylic acids is 1. The number of amidine groups is 1. The number of hydrogen-bond acceptors (Lipinski definition) is 6. The van der Waals surface area contributed by atoms with E-state index in [0.717, 1.165) is 28.9 Å². The van der Waals surface area contributed by atoms with E-state index < -0.39 is 24.0 Å². The van der Waals surface area contributed by atoms with Gasteiger partial charge in [0, 0.05) is 5.56 Å². The van der Waals surface area contributed by atoms with Gasteiger partial charge >= 0.3 is 12.3 Å². The van der Waals surface area contributed by atoms with Crippen LogP contribution >= 0.6 is 24.0 Å². The van der Waals surface area contributed by atoms with Crippen molar-refractivity contribution in [1.29, 1.82) is 0 Å². The van der Waals surface area contributed by atoms with E-state index in [2.05, 4.69) is 25.7 Å². The molecule has 1 saturated heterocycles. The summed E-state index contributed by atoms with van der Waals surface area (Å²) in [7, 11) is 0. The molecule has 1 fully saturated rings. The van der Waals surface area contributed by atoms with E-state index in [0.29, 0.717) is 27.8 Å². The molecule has 0 aliphatic carbocycles. The fourth-order valence-electron chi connectivity index (χ4n) is 4.73. The Morgan fingerprint density at radius 1 is 1.07 bits per heavy atom. The van der Waals surface area contributed by atoms with Crippen LogP contribution in [-0.2, 0) is 11.0 Å². The van der Waals surface area contributed by atoms with Crippen molar-refractivity contribution in [1.82, 2.24) is 25.4 Å². The minimum atomic E-state index is -4.44. The van der Waals surface area contributed by atoms with Gasteiger partial charge in [0.2, 0.25) is 5.91 Å². The maximum Gasteiger partial charge on any atom is 0.416 e. The first-order valence-electron chi connectivity index (χ1n) is 13.9. The van der Waals surface area contributed by atoms with Crippen molar-refractivity contribution in [3.05, 3.63) is 95.3 Å². The number of aliphatic imine (C=N–C) groups is 1. The maximum atomic E-state index is 12.9. The average molecular weight is 668 g/mol. The summed E-state index contributed by atoms with van der Waals surface area (Å²) in [6, 6.07) is 17.1. The number of nitrogens with one attached hydrogen (secondary N) is 2. The van der Waals surface area contributed by atoms with Crippen LogP contribution in [-0.4, -0.2) is 47.9 Å². The van der Waals surface area contributed by atoms with Gasteiger partial charge in [-0.1, -0.05) is 62.0 Å². The van der Waals surface area contributed by atoms with Crippen LogP contribution in [0.15, 0.2) is 78.0 Å². The first kappa shape index (κ1) is 32.6. The molecule has 0 bridgehead atoms. The van der Waals surface area contributed by atoms with Gasteiger partial charge < -0.3 is 10.4 Å². The van der Waals surface area contributed by atoms with Gasteiger partial charge in [-0.2, -0.15) is 18.2 Å². The van der Waals surface area contributed by atoms with Gasteiger partial charge in [0.25, 0.3) is 0 Å². The highest BCUT2D eigenvalue weighted by Gasteiger charge is 2.33. The number of amides is 2. The third-order valence-corrected chi connectivity index (χ3v) is 8.13. The van der Waals surface area contributed by atoms with Crippen molar-refractivity contribution in [3.63, 3.8) is 0 Å². The molecule has 10 nitrogen and oxygen atoms in total. The molecule has 1 atom stereocenters. The lowest BCUT2D eigenvalue weighted by Gasteiger charge is -2.23. The van der Waals surface area contributed by atoms with Gasteiger partial charge in [0.05, 0.1) is 22.7 Å². The zero-order valence-corrected chi connectivity index (χ0v) is 26.4. The molecule has 0 spiro atoms. The summed E-state index contributed by atoms with van der Waals surface area (Å²) in [5, 5.41) is 19.5. The Labute approximate surface area is 271 Å². The second-order valence-corrected chi connectivity index (χ2v) is 12.0. The fourth-order valence-corrected chi connectivity index (χ4v) is 5.86. The van der Waals surface area contributed by atoms with Crippen molar-refractivity contribution in [3.8, 4) is 17.1 Å². The van der Waals surface area contributed by atoms with Gasteiger partial charge in [-0.15, -0.1) is 5.10 Å². The number of benzene rings is 3. The van der Waals surface area contributed by atoms with Crippen LogP contribution in [0.3, 0.4) is 0 Å². The van der Waals surface area contributed by atoms with Crippen LogP contribution in [0.5, 0.6) is 0 Å². The van der Waals surface area contributed by atoms with Crippen LogP contribution < -0.4 is 15.5 Å². The Hall–Kier alpha value is -4.76. The molecule has 46 heavy (non-hydrogen) atoms. The standard InChI is InChI=1S/C31H28F3N7O3S2/c1-17(2)23-13-4-18(3)14-24(23)41-25(42)15-46-29(41)38-28(45)36-27(37-30(43)44)20-7-5-19(6-8-20)26-35-16-40(39-26)22-11-9-21(10-12-22)31(32,33)34/h4-14,16-17,27,37H,15H2,1-3H3,(H,36,45)(H,43,44)/b38-29-. The molecular weight excluding hydrogens is 640 g/mol. The Kier molecular flexibility index (Phi) is 9.44. The van der Waals surface area contributed by atoms with E-state index in [9.17, 15) is 27.9 Å². The largest absolute Gasteiger partial charge is 0.465 e. The number of alkyl halides is 3. The van der Waals surface area contributed by atoms with Crippen LogP contribution in [0, 0.1) is 6.92 Å². The van der Waals surface area contributed by atoms with Gasteiger partial charge in [0.1, 0.15) is 12.5 Å². The lowest BCUT2D eigenvalue weighted by molar-refractivity contribution is -0.137. The molecule has 4 aromatic rings.